The number of aryl methyl sites for hydroxylation is 1. The van der Waals surface area contributed by atoms with Crippen LogP contribution >= 0.6 is 0 Å². The van der Waals surface area contributed by atoms with E-state index in [2.05, 4.69) is 17.6 Å². The third kappa shape index (κ3) is 6.19. The normalized spacial score (nSPS) is 10.4. The molecule has 0 aromatic heterocycles. The number of anilines is 2. The molecule has 31 heavy (non-hydrogen) atoms. The number of benzene rings is 3. The van der Waals surface area contributed by atoms with Crippen LogP contribution < -0.4 is 15.4 Å². The van der Waals surface area contributed by atoms with Crippen LogP contribution in [0.2, 0.25) is 0 Å². The zero-order chi connectivity index (χ0) is 22.1. The minimum atomic E-state index is -0.230. The Morgan fingerprint density at radius 2 is 1.58 bits per heavy atom. The lowest BCUT2D eigenvalue weighted by Crippen LogP contribution is -2.15. The summed E-state index contributed by atoms with van der Waals surface area (Å²) in [7, 11) is 0. The van der Waals surface area contributed by atoms with Crippen LogP contribution in [0.25, 0.3) is 0 Å². The van der Waals surface area contributed by atoms with E-state index >= 15 is 0 Å². The Balaban J connectivity index is 1.66. The first-order chi connectivity index (χ1) is 15.1. The van der Waals surface area contributed by atoms with E-state index in [-0.39, 0.29) is 11.8 Å². The van der Waals surface area contributed by atoms with E-state index in [4.69, 9.17) is 4.74 Å². The van der Waals surface area contributed by atoms with Crippen molar-refractivity contribution in [2.45, 2.75) is 33.1 Å². The molecular weight excluding hydrogens is 388 g/mol. The molecule has 3 aromatic rings. The fourth-order valence-corrected chi connectivity index (χ4v) is 3.18. The predicted molar refractivity (Wildman–Crippen MR) is 125 cm³/mol. The van der Waals surface area contributed by atoms with E-state index in [1.807, 2.05) is 49.4 Å². The van der Waals surface area contributed by atoms with Gasteiger partial charge in [0.2, 0.25) is 0 Å². The van der Waals surface area contributed by atoms with Gasteiger partial charge in [-0.1, -0.05) is 50.1 Å². The van der Waals surface area contributed by atoms with Crippen LogP contribution in [-0.4, -0.2) is 18.4 Å². The lowest BCUT2D eigenvalue weighted by molar-refractivity contribution is 0.101. The van der Waals surface area contributed by atoms with Crippen LogP contribution in [-0.2, 0) is 0 Å². The van der Waals surface area contributed by atoms with Crippen LogP contribution in [0, 0.1) is 6.92 Å². The van der Waals surface area contributed by atoms with E-state index < -0.39 is 0 Å². The molecule has 0 bridgehead atoms. The van der Waals surface area contributed by atoms with Crippen molar-refractivity contribution < 1.29 is 14.3 Å². The van der Waals surface area contributed by atoms with Crippen molar-refractivity contribution in [3.05, 3.63) is 89.5 Å². The predicted octanol–water partition coefficient (Wildman–Crippen LogP) is 6.07. The maximum absolute atomic E-state index is 12.8. The highest BCUT2D eigenvalue weighted by Gasteiger charge is 2.13. The van der Waals surface area contributed by atoms with Crippen molar-refractivity contribution in [3.63, 3.8) is 0 Å². The van der Waals surface area contributed by atoms with Gasteiger partial charge in [-0.15, -0.1) is 0 Å². The molecule has 2 N–H and O–H groups in total. The van der Waals surface area contributed by atoms with Gasteiger partial charge in [-0.25, -0.2) is 0 Å². The van der Waals surface area contributed by atoms with E-state index in [1.54, 1.807) is 30.3 Å². The highest BCUT2D eigenvalue weighted by molar-refractivity contribution is 6.07. The zero-order valence-electron chi connectivity index (χ0n) is 18.0. The first kappa shape index (κ1) is 22.1. The number of unbranched alkanes of at least 4 members (excludes halogenated alkanes) is 2. The second-order valence-electron chi connectivity index (χ2n) is 7.36. The van der Waals surface area contributed by atoms with Gasteiger partial charge < -0.3 is 15.4 Å². The Labute approximate surface area is 183 Å². The van der Waals surface area contributed by atoms with Gasteiger partial charge in [0, 0.05) is 16.9 Å². The molecule has 3 aromatic carbocycles. The first-order valence-electron chi connectivity index (χ1n) is 10.6. The largest absolute Gasteiger partial charge is 0.493 e. The summed E-state index contributed by atoms with van der Waals surface area (Å²) in [5.41, 5.74) is 3.30. The van der Waals surface area contributed by atoms with Gasteiger partial charge in [-0.05, 0) is 61.4 Å². The second kappa shape index (κ2) is 11.0. The highest BCUT2D eigenvalue weighted by Crippen LogP contribution is 2.23. The SMILES string of the molecule is CCCCCOc1ccccc1C(=O)Nc1ccc(NC(=O)c2ccccc2)c(C)c1. The van der Waals surface area contributed by atoms with Crippen LogP contribution in [0.5, 0.6) is 5.75 Å². The van der Waals surface area contributed by atoms with Gasteiger partial charge in [0.15, 0.2) is 0 Å². The van der Waals surface area contributed by atoms with Crippen molar-refractivity contribution in [2.24, 2.45) is 0 Å². The fourth-order valence-electron chi connectivity index (χ4n) is 3.18. The molecule has 0 unspecified atom stereocenters. The molecule has 0 heterocycles. The summed E-state index contributed by atoms with van der Waals surface area (Å²) < 4.78 is 5.82. The highest BCUT2D eigenvalue weighted by atomic mass is 16.5. The molecule has 0 fully saturated rings. The molecule has 5 nitrogen and oxygen atoms in total. The summed E-state index contributed by atoms with van der Waals surface area (Å²) in [6.45, 7) is 4.62. The Morgan fingerprint density at radius 1 is 0.839 bits per heavy atom. The lowest BCUT2D eigenvalue weighted by atomic mass is 10.1. The van der Waals surface area contributed by atoms with Crippen molar-refractivity contribution in [1.29, 1.82) is 0 Å². The summed E-state index contributed by atoms with van der Waals surface area (Å²) >= 11 is 0. The topological polar surface area (TPSA) is 67.4 Å². The van der Waals surface area contributed by atoms with Crippen molar-refractivity contribution >= 4 is 23.2 Å². The maximum Gasteiger partial charge on any atom is 0.259 e. The number of ether oxygens (including phenoxy) is 1. The number of amides is 2. The maximum atomic E-state index is 12.8. The molecule has 0 saturated heterocycles. The second-order valence-corrected chi connectivity index (χ2v) is 7.36. The molecule has 0 spiro atoms. The Bertz CT molecular complexity index is 1030. The number of carbonyl (C=O) groups excluding carboxylic acids is 2. The van der Waals surface area contributed by atoms with Crippen LogP contribution in [0.1, 0.15) is 52.5 Å². The molecule has 0 saturated carbocycles. The summed E-state index contributed by atoms with van der Waals surface area (Å²) in [4.78, 5) is 25.2. The van der Waals surface area contributed by atoms with Crippen LogP contribution in [0.15, 0.2) is 72.8 Å². The number of para-hydroxylation sites is 1. The lowest BCUT2D eigenvalue weighted by Gasteiger charge is -2.13. The van der Waals surface area contributed by atoms with Gasteiger partial charge in [0.05, 0.1) is 12.2 Å². The quantitative estimate of drug-likeness (QED) is 0.416. The van der Waals surface area contributed by atoms with Crippen LogP contribution in [0.4, 0.5) is 11.4 Å². The number of carbonyl (C=O) groups is 2. The molecule has 5 heteroatoms. The summed E-state index contributed by atoms with van der Waals surface area (Å²) in [6, 6.07) is 21.7. The van der Waals surface area contributed by atoms with E-state index in [1.165, 1.54) is 0 Å². The van der Waals surface area contributed by atoms with Gasteiger partial charge >= 0.3 is 0 Å². The molecule has 0 radical (unpaired) electrons. The Hall–Kier alpha value is -3.60. The Kier molecular flexibility index (Phi) is 7.82. The third-order valence-corrected chi connectivity index (χ3v) is 4.91. The Morgan fingerprint density at radius 3 is 2.32 bits per heavy atom. The third-order valence-electron chi connectivity index (χ3n) is 4.91. The van der Waals surface area contributed by atoms with Crippen molar-refractivity contribution in [2.75, 3.05) is 17.2 Å². The zero-order valence-corrected chi connectivity index (χ0v) is 18.0. The molecular formula is C26H28N2O3. The first-order valence-corrected chi connectivity index (χ1v) is 10.6. The minimum Gasteiger partial charge on any atom is -0.493 e. The van der Waals surface area contributed by atoms with Crippen molar-refractivity contribution in [1.82, 2.24) is 0 Å². The number of rotatable bonds is 9. The molecule has 0 atom stereocenters. The van der Waals surface area contributed by atoms with Crippen molar-refractivity contribution in [3.8, 4) is 5.75 Å². The van der Waals surface area contributed by atoms with Gasteiger partial charge in [-0.3, -0.25) is 9.59 Å². The molecule has 0 aliphatic heterocycles. The van der Waals surface area contributed by atoms with Crippen LogP contribution in [0.3, 0.4) is 0 Å². The van der Waals surface area contributed by atoms with E-state index in [9.17, 15) is 9.59 Å². The summed E-state index contributed by atoms with van der Waals surface area (Å²) in [5, 5.41) is 5.83. The average Bonchev–Trinajstić information content (AvgIpc) is 2.79. The van der Waals surface area contributed by atoms with Gasteiger partial charge in [-0.2, -0.15) is 0 Å². The summed E-state index contributed by atoms with van der Waals surface area (Å²) in [5.74, 6) is 0.181. The molecule has 2 amide bonds. The number of hydrogen-bond donors (Lipinski definition) is 2. The van der Waals surface area contributed by atoms with Gasteiger partial charge in [0.25, 0.3) is 11.8 Å². The van der Waals surface area contributed by atoms with E-state index in [0.29, 0.717) is 34.9 Å². The number of hydrogen-bond acceptors (Lipinski definition) is 3. The van der Waals surface area contributed by atoms with Gasteiger partial charge in [0.1, 0.15) is 5.75 Å². The molecule has 0 aliphatic rings. The molecule has 160 valence electrons. The fraction of sp³-hybridized carbons (Fsp3) is 0.231. The minimum absolute atomic E-state index is 0.172. The summed E-state index contributed by atoms with van der Waals surface area (Å²) in [6.07, 6.45) is 3.18. The number of nitrogens with one attached hydrogen (secondary N) is 2. The van der Waals surface area contributed by atoms with E-state index in [0.717, 1.165) is 24.8 Å². The average molecular weight is 417 g/mol. The standard InChI is InChI=1S/C26H28N2O3/c1-3-4-10-17-31-24-14-9-8-13-22(24)26(30)27-21-15-16-23(19(2)18-21)28-25(29)20-11-6-5-7-12-20/h5-9,11-16,18H,3-4,10,17H2,1-2H3,(H,27,30)(H,28,29). The molecule has 0 aliphatic carbocycles. The smallest absolute Gasteiger partial charge is 0.259 e. The molecule has 3 rings (SSSR count). The monoisotopic (exact) mass is 416 g/mol.